The fraction of sp³-hybridized carbons (Fsp3) is 0.615. The summed E-state index contributed by atoms with van der Waals surface area (Å²) in [5.74, 6) is 1.45. The minimum Gasteiger partial charge on any atom is -0.466 e. The summed E-state index contributed by atoms with van der Waals surface area (Å²) in [5, 5.41) is 6.43. The number of amides is 1. The van der Waals surface area contributed by atoms with Crippen LogP contribution in [0.15, 0.2) is 10.5 Å². The molecule has 0 aliphatic carbocycles. The number of nitrogens with one attached hydrogen (secondary N) is 2. The van der Waals surface area contributed by atoms with E-state index in [2.05, 4.69) is 17.6 Å². The molecular weight excluding hydrogens is 216 g/mol. The van der Waals surface area contributed by atoms with E-state index in [1.54, 1.807) is 6.07 Å². The lowest BCUT2D eigenvalue weighted by atomic mass is 9.90. The van der Waals surface area contributed by atoms with E-state index < -0.39 is 0 Å². The maximum Gasteiger partial charge on any atom is 0.255 e. The molecular formula is C13H20N2O2. The number of piperidine rings is 1. The summed E-state index contributed by atoms with van der Waals surface area (Å²) in [6.07, 6.45) is 1.93. The number of furan rings is 1. The molecule has 1 fully saturated rings. The highest BCUT2D eigenvalue weighted by Crippen LogP contribution is 2.20. The van der Waals surface area contributed by atoms with Gasteiger partial charge in [0.2, 0.25) is 0 Å². The van der Waals surface area contributed by atoms with Crippen molar-refractivity contribution in [1.29, 1.82) is 0 Å². The van der Waals surface area contributed by atoms with Crippen LogP contribution in [0.3, 0.4) is 0 Å². The monoisotopic (exact) mass is 236 g/mol. The molecule has 1 amide bonds. The Morgan fingerprint density at radius 2 is 2.06 bits per heavy atom. The summed E-state index contributed by atoms with van der Waals surface area (Å²) in [5.41, 5.74) is 0.558. The minimum absolute atomic E-state index is 0.0243. The Morgan fingerprint density at radius 1 is 1.41 bits per heavy atom. The third-order valence-electron chi connectivity index (χ3n) is 3.41. The molecule has 0 aromatic carbocycles. The summed E-state index contributed by atoms with van der Waals surface area (Å²) in [7, 11) is 0. The fourth-order valence-corrected chi connectivity index (χ4v) is 2.30. The highest BCUT2D eigenvalue weighted by atomic mass is 16.3. The lowest BCUT2D eigenvalue weighted by Crippen LogP contribution is -2.52. The third kappa shape index (κ3) is 2.69. The van der Waals surface area contributed by atoms with Gasteiger partial charge in [0.05, 0.1) is 5.56 Å². The standard InChI is InChI=1S/C13H20N2O2/c1-9-8-11(10(2)17-9)12(16)15-13(3)4-6-14-7-5-13/h8,14H,4-7H2,1-3H3,(H,15,16). The zero-order valence-corrected chi connectivity index (χ0v) is 10.7. The smallest absolute Gasteiger partial charge is 0.255 e. The Kier molecular flexibility index (Phi) is 3.24. The Hall–Kier alpha value is -1.29. The van der Waals surface area contributed by atoms with E-state index in [4.69, 9.17) is 4.42 Å². The second-order valence-electron chi connectivity index (χ2n) is 5.09. The lowest BCUT2D eigenvalue weighted by Gasteiger charge is -2.34. The molecule has 1 aliphatic rings. The molecule has 0 spiro atoms. The molecule has 0 saturated carbocycles. The molecule has 4 heteroatoms. The van der Waals surface area contributed by atoms with Gasteiger partial charge in [0.15, 0.2) is 0 Å². The van der Waals surface area contributed by atoms with Crippen LogP contribution in [-0.2, 0) is 0 Å². The molecule has 0 bridgehead atoms. The van der Waals surface area contributed by atoms with Crippen LogP contribution in [0, 0.1) is 13.8 Å². The van der Waals surface area contributed by atoms with Crippen molar-refractivity contribution in [2.45, 2.75) is 39.2 Å². The van der Waals surface area contributed by atoms with Crippen molar-refractivity contribution in [3.8, 4) is 0 Å². The molecule has 1 aliphatic heterocycles. The SMILES string of the molecule is Cc1cc(C(=O)NC2(C)CCNCC2)c(C)o1. The first-order chi connectivity index (χ1) is 8.00. The molecule has 1 saturated heterocycles. The van der Waals surface area contributed by atoms with Crippen molar-refractivity contribution in [1.82, 2.24) is 10.6 Å². The van der Waals surface area contributed by atoms with Gasteiger partial charge in [-0.2, -0.15) is 0 Å². The maximum atomic E-state index is 12.2. The molecule has 17 heavy (non-hydrogen) atoms. The Labute approximate surface area is 102 Å². The molecule has 2 N–H and O–H groups in total. The van der Waals surface area contributed by atoms with Crippen LogP contribution in [0.25, 0.3) is 0 Å². The van der Waals surface area contributed by atoms with Crippen molar-refractivity contribution in [3.05, 3.63) is 23.2 Å². The number of hydrogen-bond acceptors (Lipinski definition) is 3. The second-order valence-corrected chi connectivity index (χ2v) is 5.09. The van der Waals surface area contributed by atoms with Gasteiger partial charge in [0.25, 0.3) is 5.91 Å². The zero-order chi connectivity index (χ0) is 12.5. The van der Waals surface area contributed by atoms with E-state index in [-0.39, 0.29) is 11.4 Å². The van der Waals surface area contributed by atoms with Gasteiger partial charge in [-0.15, -0.1) is 0 Å². The Balaban J connectivity index is 2.08. The predicted octanol–water partition coefficient (Wildman–Crippen LogP) is 1.77. The van der Waals surface area contributed by atoms with Gasteiger partial charge in [-0.25, -0.2) is 0 Å². The summed E-state index contributed by atoms with van der Waals surface area (Å²) in [4.78, 5) is 12.2. The van der Waals surface area contributed by atoms with Crippen molar-refractivity contribution in [2.75, 3.05) is 13.1 Å². The molecule has 4 nitrogen and oxygen atoms in total. The van der Waals surface area contributed by atoms with Crippen LogP contribution in [0.5, 0.6) is 0 Å². The molecule has 0 radical (unpaired) electrons. The average Bonchev–Trinajstić information content (AvgIpc) is 2.58. The fourth-order valence-electron chi connectivity index (χ4n) is 2.30. The Morgan fingerprint density at radius 3 is 2.59 bits per heavy atom. The van der Waals surface area contributed by atoms with Crippen LogP contribution < -0.4 is 10.6 Å². The summed E-state index contributed by atoms with van der Waals surface area (Å²) >= 11 is 0. The number of carbonyl (C=O) groups excluding carboxylic acids is 1. The molecule has 2 rings (SSSR count). The molecule has 0 atom stereocenters. The number of hydrogen-bond donors (Lipinski definition) is 2. The highest BCUT2D eigenvalue weighted by molar-refractivity contribution is 5.95. The van der Waals surface area contributed by atoms with E-state index in [0.717, 1.165) is 31.7 Å². The van der Waals surface area contributed by atoms with Crippen molar-refractivity contribution >= 4 is 5.91 Å². The average molecular weight is 236 g/mol. The lowest BCUT2D eigenvalue weighted by molar-refractivity contribution is 0.0886. The van der Waals surface area contributed by atoms with Crippen LogP contribution in [0.1, 0.15) is 41.6 Å². The van der Waals surface area contributed by atoms with Gasteiger partial charge in [0.1, 0.15) is 11.5 Å². The normalized spacial score (nSPS) is 19.0. The van der Waals surface area contributed by atoms with E-state index in [0.29, 0.717) is 11.3 Å². The largest absolute Gasteiger partial charge is 0.466 e. The zero-order valence-electron chi connectivity index (χ0n) is 10.7. The first kappa shape index (κ1) is 12.2. The van der Waals surface area contributed by atoms with E-state index >= 15 is 0 Å². The van der Waals surface area contributed by atoms with Gasteiger partial charge in [-0.3, -0.25) is 4.79 Å². The molecule has 94 valence electrons. The summed E-state index contributed by atoms with van der Waals surface area (Å²) < 4.78 is 5.38. The second kappa shape index (κ2) is 4.53. The van der Waals surface area contributed by atoms with Gasteiger partial charge in [0, 0.05) is 5.54 Å². The third-order valence-corrected chi connectivity index (χ3v) is 3.41. The topological polar surface area (TPSA) is 54.3 Å². The van der Waals surface area contributed by atoms with Crippen LogP contribution >= 0.6 is 0 Å². The van der Waals surface area contributed by atoms with Crippen LogP contribution in [-0.4, -0.2) is 24.5 Å². The number of carbonyl (C=O) groups is 1. The van der Waals surface area contributed by atoms with E-state index in [1.165, 1.54) is 0 Å². The molecule has 2 heterocycles. The van der Waals surface area contributed by atoms with Gasteiger partial charge in [-0.05, 0) is 52.8 Å². The molecule has 1 aromatic heterocycles. The summed E-state index contributed by atoms with van der Waals surface area (Å²) in [6, 6.07) is 1.80. The maximum absolute atomic E-state index is 12.2. The van der Waals surface area contributed by atoms with Crippen molar-refractivity contribution in [2.24, 2.45) is 0 Å². The van der Waals surface area contributed by atoms with Gasteiger partial charge >= 0.3 is 0 Å². The highest BCUT2D eigenvalue weighted by Gasteiger charge is 2.29. The molecule has 0 unspecified atom stereocenters. The Bertz CT molecular complexity index is 417. The first-order valence-electron chi connectivity index (χ1n) is 6.10. The number of rotatable bonds is 2. The van der Waals surface area contributed by atoms with Crippen molar-refractivity contribution in [3.63, 3.8) is 0 Å². The predicted molar refractivity (Wildman–Crippen MR) is 66.2 cm³/mol. The summed E-state index contributed by atoms with van der Waals surface area (Å²) in [6.45, 7) is 7.71. The van der Waals surface area contributed by atoms with Crippen LogP contribution in [0.4, 0.5) is 0 Å². The number of aryl methyl sites for hydroxylation is 2. The van der Waals surface area contributed by atoms with Crippen LogP contribution in [0.2, 0.25) is 0 Å². The molecule has 1 aromatic rings. The van der Waals surface area contributed by atoms with Gasteiger partial charge in [-0.1, -0.05) is 0 Å². The quantitative estimate of drug-likeness (QED) is 0.822. The first-order valence-corrected chi connectivity index (χ1v) is 6.10. The van der Waals surface area contributed by atoms with E-state index in [1.807, 2.05) is 13.8 Å². The van der Waals surface area contributed by atoms with Crippen molar-refractivity contribution < 1.29 is 9.21 Å². The minimum atomic E-state index is -0.0973. The van der Waals surface area contributed by atoms with Gasteiger partial charge < -0.3 is 15.1 Å². The van der Waals surface area contributed by atoms with E-state index in [9.17, 15) is 4.79 Å².